The van der Waals surface area contributed by atoms with Gasteiger partial charge in [-0.05, 0) is 30.7 Å². The van der Waals surface area contributed by atoms with E-state index in [2.05, 4.69) is 15.5 Å². The fourth-order valence-corrected chi connectivity index (χ4v) is 2.49. The number of rotatable bonds is 3. The van der Waals surface area contributed by atoms with Crippen LogP contribution in [0.3, 0.4) is 0 Å². The highest BCUT2D eigenvalue weighted by Gasteiger charge is 2.09. The molecule has 3 aromatic rings. The highest BCUT2D eigenvalue weighted by molar-refractivity contribution is 6.32. The van der Waals surface area contributed by atoms with Crippen molar-refractivity contribution in [1.29, 1.82) is 0 Å². The van der Waals surface area contributed by atoms with Crippen LogP contribution in [0.25, 0.3) is 10.9 Å². The van der Waals surface area contributed by atoms with Crippen molar-refractivity contribution in [2.24, 2.45) is 5.10 Å². The van der Waals surface area contributed by atoms with Gasteiger partial charge in [-0.1, -0.05) is 41.9 Å². The van der Waals surface area contributed by atoms with Crippen LogP contribution in [0.5, 0.6) is 0 Å². The zero-order valence-electron chi connectivity index (χ0n) is 12.8. The number of hydrogen-bond acceptors (Lipinski definition) is 3. The van der Waals surface area contributed by atoms with E-state index in [1.165, 1.54) is 24.4 Å². The van der Waals surface area contributed by atoms with Crippen molar-refractivity contribution in [2.45, 2.75) is 6.92 Å². The summed E-state index contributed by atoms with van der Waals surface area (Å²) in [5, 5.41) is 5.03. The molecule has 1 amide bonds. The number of amides is 1. The molecule has 3 rings (SSSR count). The summed E-state index contributed by atoms with van der Waals surface area (Å²) < 4.78 is 13.5. The van der Waals surface area contributed by atoms with E-state index in [-0.39, 0.29) is 10.7 Å². The minimum Gasteiger partial charge on any atom is -0.267 e. The van der Waals surface area contributed by atoms with Gasteiger partial charge in [0.25, 0.3) is 5.91 Å². The first-order valence-corrected chi connectivity index (χ1v) is 7.58. The molecule has 0 fully saturated rings. The van der Waals surface area contributed by atoms with Gasteiger partial charge in [-0.2, -0.15) is 5.10 Å². The molecular formula is C18H13ClFN3O. The molecule has 1 aromatic heterocycles. The number of benzene rings is 2. The van der Waals surface area contributed by atoms with Crippen LogP contribution in [0.15, 0.2) is 53.6 Å². The molecule has 0 aliphatic rings. The third-order valence-corrected chi connectivity index (χ3v) is 3.82. The van der Waals surface area contributed by atoms with E-state index in [1.54, 1.807) is 6.07 Å². The minimum atomic E-state index is -0.634. The molecule has 0 unspecified atom stereocenters. The molecule has 24 heavy (non-hydrogen) atoms. The van der Waals surface area contributed by atoms with Gasteiger partial charge in [0.05, 0.1) is 17.3 Å². The number of carbonyl (C=O) groups excluding carboxylic acids is 1. The number of nitrogens with zero attached hydrogens (tertiary/aromatic N) is 2. The predicted molar refractivity (Wildman–Crippen MR) is 93.0 cm³/mol. The number of nitrogens with one attached hydrogen (secondary N) is 1. The van der Waals surface area contributed by atoms with Gasteiger partial charge in [-0.3, -0.25) is 4.79 Å². The molecule has 0 atom stereocenters. The molecule has 0 saturated carbocycles. The van der Waals surface area contributed by atoms with E-state index < -0.39 is 11.7 Å². The zero-order valence-corrected chi connectivity index (χ0v) is 13.5. The van der Waals surface area contributed by atoms with Crippen LogP contribution in [-0.4, -0.2) is 17.1 Å². The normalized spacial score (nSPS) is 11.1. The summed E-state index contributed by atoms with van der Waals surface area (Å²) in [6.45, 7) is 1.95. The second-order valence-electron chi connectivity index (χ2n) is 5.19. The highest BCUT2D eigenvalue weighted by Crippen LogP contribution is 2.21. The van der Waals surface area contributed by atoms with Crippen LogP contribution in [0, 0.1) is 12.7 Å². The van der Waals surface area contributed by atoms with Crippen LogP contribution < -0.4 is 5.43 Å². The molecule has 2 aromatic carbocycles. The molecule has 120 valence electrons. The summed E-state index contributed by atoms with van der Waals surface area (Å²) in [4.78, 5) is 16.2. The van der Waals surface area contributed by atoms with E-state index in [9.17, 15) is 9.18 Å². The second kappa shape index (κ2) is 6.76. The second-order valence-corrected chi connectivity index (χ2v) is 5.55. The third-order valence-electron chi connectivity index (χ3n) is 3.52. The molecule has 0 saturated heterocycles. The number of pyridine rings is 1. The summed E-state index contributed by atoms with van der Waals surface area (Å²) in [5.41, 5.74) is 4.60. The molecule has 4 nitrogen and oxygen atoms in total. The van der Waals surface area contributed by atoms with E-state index in [0.29, 0.717) is 5.56 Å². The molecular weight excluding hydrogens is 329 g/mol. The fraction of sp³-hybridized carbons (Fsp3) is 0.0556. The number of hydrogen-bond donors (Lipinski definition) is 1. The lowest BCUT2D eigenvalue weighted by Crippen LogP contribution is -2.19. The average molecular weight is 342 g/mol. The molecule has 6 heteroatoms. The van der Waals surface area contributed by atoms with Crippen molar-refractivity contribution in [3.8, 4) is 0 Å². The topological polar surface area (TPSA) is 54.4 Å². The number of para-hydroxylation sites is 1. The summed E-state index contributed by atoms with van der Waals surface area (Å²) in [7, 11) is 0. The molecule has 0 spiro atoms. The van der Waals surface area contributed by atoms with E-state index in [4.69, 9.17) is 11.6 Å². The quantitative estimate of drug-likeness (QED) is 0.443. The molecule has 0 radical (unpaired) electrons. The van der Waals surface area contributed by atoms with Gasteiger partial charge < -0.3 is 0 Å². The maximum absolute atomic E-state index is 13.5. The van der Waals surface area contributed by atoms with Crippen molar-refractivity contribution in [3.05, 3.63) is 76.2 Å². The number of aromatic nitrogens is 1. The first-order valence-electron chi connectivity index (χ1n) is 7.20. The minimum absolute atomic E-state index is 0.0759. The highest BCUT2D eigenvalue weighted by atomic mass is 35.5. The number of fused-ring (bicyclic) bond motifs is 1. The van der Waals surface area contributed by atoms with Crippen molar-refractivity contribution in [3.63, 3.8) is 0 Å². The van der Waals surface area contributed by atoms with Crippen molar-refractivity contribution >= 4 is 34.6 Å². The van der Waals surface area contributed by atoms with Crippen LogP contribution >= 0.6 is 11.6 Å². The van der Waals surface area contributed by atoms with E-state index >= 15 is 0 Å². The largest absolute Gasteiger partial charge is 0.274 e. The number of aryl methyl sites for hydroxylation is 1. The molecule has 1 heterocycles. The first-order chi connectivity index (χ1) is 11.6. The Bertz CT molecular complexity index is 956. The van der Waals surface area contributed by atoms with Gasteiger partial charge in [-0.15, -0.1) is 0 Å². The Kier molecular flexibility index (Phi) is 4.53. The predicted octanol–water partition coefficient (Wildman–Crippen LogP) is 4.10. The van der Waals surface area contributed by atoms with Gasteiger partial charge in [0.2, 0.25) is 0 Å². The lowest BCUT2D eigenvalue weighted by Gasteiger charge is -2.04. The molecule has 0 aliphatic carbocycles. The molecule has 0 aliphatic heterocycles. The monoisotopic (exact) mass is 341 g/mol. The zero-order chi connectivity index (χ0) is 17.1. The Morgan fingerprint density at radius 1 is 1.25 bits per heavy atom. The van der Waals surface area contributed by atoms with Crippen molar-refractivity contribution < 1.29 is 9.18 Å². The summed E-state index contributed by atoms with van der Waals surface area (Å²) >= 11 is 6.16. The SMILES string of the molecule is Cc1cccc2cc(/C=N\NC(=O)c3ccccc3F)c(Cl)nc12. The summed E-state index contributed by atoms with van der Waals surface area (Å²) in [6.07, 6.45) is 1.38. The smallest absolute Gasteiger partial charge is 0.267 e. The van der Waals surface area contributed by atoms with Crippen molar-refractivity contribution in [2.75, 3.05) is 0 Å². The van der Waals surface area contributed by atoms with Gasteiger partial charge >= 0.3 is 0 Å². The van der Waals surface area contributed by atoms with Crippen LogP contribution in [-0.2, 0) is 0 Å². The van der Waals surface area contributed by atoms with Crippen LogP contribution in [0.2, 0.25) is 5.15 Å². The fourth-order valence-electron chi connectivity index (χ4n) is 2.30. The van der Waals surface area contributed by atoms with Crippen LogP contribution in [0.1, 0.15) is 21.5 Å². The Balaban J connectivity index is 1.82. The van der Waals surface area contributed by atoms with Gasteiger partial charge in [0.15, 0.2) is 0 Å². The van der Waals surface area contributed by atoms with Gasteiger partial charge in [0.1, 0.15) is 11.0 Å². The maximum Gasteiger partial charge on any atom is 0.274 e. The van der Waals surface area contributed by atoms with Gasteiger partial charge in [-0.25, -0.2) is 14.8 Å². The Morgan fingerprint density at radius 3 is 2.83 bits per heavy atom. The first kappa shape index (κ1) is 16.1. The Labute approximate surface area is 143 Å². The van der Waals surface area contributed by atoms with Crippen molar-refractivity contribution in [1.82, 2.24) is 10.4 Å². The van der Waals surface area contributed by atoms with Gasteiger partial charge in [0, 0.05) is 10.9 Å². The summed E-state index contributed by atoms with van der Waals surface area (Å²) in [6, 6.07) is 13.3. The van der Waals surface area contributed by atoms with E-state index in [1.807, 2.05) is 31.2 Å². The standard InChI is InChI=1S/C18H13ClFN3O/c1-11-5-4-6-12-9-13(17(19)22-16(11)12)10-21-23-18(24)14-7-2-3-8-15(14)20/h2-10H,1H3,(H,23,24)/b21-10-. The number of hydrazone groups is 1. The number of carbonyl (C=O) groups is 1. The van der Waals surface area contributed by atoms with Crippen LogP contribution in [0.4, 0.5) is 4.39 Å². The Hall–Kier alpha value is -2.79. The lowest BCUT2D eigenvalue weighted by atomic mass is 10.1. The van der Waals surface area contributed by atoms with E-state index in [0.717, 1.165) is 16.5 Å². The number of halogens is 2. The lowest BCUT2D eigenvalue weighted by molar-refractivity contribution is 0.0951. The Morgan fingerprint density at radius 2 is 2.04 bits per heavy atom. The molecule has 1 N–H and O–H groups in total. The third kappa shape index (κ3) is 3.26. The average Bonchev–Trinajstić information content (AvgIpc) is 2.56. The summed E-state index contributed by atoms with van der Waals surface area (Å²) in [5.74, 6) is -1.24. The maximum atomic E-state index is 13.5. The molecule has 0 bridgehead atoms.